The van der Waals surface area contributed by atoms with Gasteiger partial charge in [0, 0.05) is 6.20 Å². The maximum Gasteiger partial charge on any atom is 0.328 e. The molecule has 19 heavy (non-hydrogen) atoms. The summed E-state index contributed by atoms with van der Waals surface area (Å²) < 4.78 is 1.04. The summed E-state index contributed by atoms with van der Waals surface area (Å²) in [4.78, 5) is 37.5. The van der Waals surface area contributed by atoms with E-state index < -0.39 is 11.2 Å². The molecule has 0 aliphatic carbocycles. The highest BCUT2D eigenvalue weighted by Crippen LogP contribution is 2.07. The molecule has 0 unspecified atom stereocenters. The first-order valence-corrected chi connectivity index (χ1v) is 5.88. The van der Waals surface area contributed by atoms with Gasteiger partial charge in [-0.3, -0.25) is 14.2 Å². The largest absolute Gasteiger partial charge is 0.328 e. The van der Waals surface area contributed by atoms with E-state index in [1.807, 2.05) is 31.2 Å². The van der Waals surface area contributed by atoms with E-state index in [2.05, 4.69) is 4.98 Å². The number of Topliss-reactive ketones (excluding diaryl/α,β-unsaturated/α-hetero) is 1. The number of carbonyl (C=O) groups excluding carboxylic acids is 1. The Hall–Kier alpha value is -2.43. The molecular weight excluding hydrogens is 244 g/mol. The highest BCUT2D eigenvalue weighted by molar-refractivity contribution is 5.93. The summed E-state index contributed by atoms with van der Waals surface area (Å²) in [5.41, 5.74) is 0.781. The molecule has 0 fully saturated rings. The Bertz CT molecular complexity index is 741. The van der Waals surface area contributed by atoms with Gasteiger partial charge in [0.25, 0.3) is 5.56 Å². The predicted octanol–water partition coefficient (Wildman–Crippen LogP) is 1.10. The molecule has 0 bridgehead atoms. The first kappa shape index (κ1) is 13.0. The van der Waals surface area contributed by atoms with Crippen molar-refractivity contribution in [3.8, 4) is 0 Å². The van der Waals surface area contributed by atoms with Crippen molar-refractivity contribution >= 4 is 5.78 Å². The number of carbonyl (C=O) groups is 1. The van der Waals surface area contributed by atoms with Crippen molar-refractivity contribution in [3.63, 3.8) is 0 Å². The van der Waals surface area contributed by atoms with Crippen LogP contribution < -0.4 is 11.2 Å². The summed E-state index contributed by atoms with van der Waals surface area (Å²) in [6.07, 6.45) is 1.17. The lowest BCUT2D eigenvalue weighted by atomic mass is 10.1. The van der Waals surface area contributed by atoms with Crippen molar-refractivity contribution in [2.45, 2.75) is 20.4 Å². The van der Waals surface area contributed by atoms with E-state index in [1.54, 1.807) is 0 Å². The lowest BCUT2D eigenvalue weighted by Crippen LogP contribution is -2.38. The summed E-state index contributed by atoms with van der Waals surface area (Å²) >= 11 is 0. The van der Waals surface area contributed by atoms with Gasteiger partial charge in [0.1, 0.15) is 0 Å². The lowest BCUT2D eigenvalue weighted by Gasteiger charge is -2.08. The van der Waals surface area contributed by atoms with E-state index in [1.165, 1.54) is 13.1 Å². The van der Waals surface area contributed by atoms with Crippen LogP contribution in [0.3, 0.4) is 0 Å². The number of ketones is 1. The first-order chi connectivity index (χ1) is 9.00. The zero-order valence-corrected chi connectivity index (χ0v) is 10.8. The molecule has 0 spiro atoms. The molecule has 2 rings (SSSR count). The molecule has 0 aliphatic heterocycles. The molecule has 0 atom stereocenters. The molecule has 0 saturated heterocycles. The van der Waals surface area contributed by atoms with Crippen LogP contribution in [0, 0.1) is 6.92 Å². The Balaban J connectivity index is 2.55. The molecule has 2 aromatic rings. The number of benzene rings is 1. The minimum Gasteiger partial charge on any atom is -0.313 e. The van der Waals surface area contributed by atoms with Gasteiger partial charge >= 0.3 is 5.69 Å². The van der Waals surface area contributed by atoms with Gasteiger partial charge in [-0.15, -0.1) is 0 Å². The van der Waals surface area contributed by atoms with Crippen LogP contribution in [0.4, 0.5) is 0 Å². The van der Waals surface area contributed by atoms with Gasteiger partial charge in [-0.2, -0.15) is 0 Å². The minimum absolute atomic E-state index is 0.00631. The van der Waals surface area contributed by atoms with Crippen molar-refractivity contribution in [2.75, 3.05) is 0 Å². The van der Waals surface area contributed by atoms with E-state index in [0.717, 1.165) is 15.7 Å². The monoisotopic (exact) mass is 258 g/mol. The highest BCUT2D eigenvalue weighted by atomic mass is 16.2. The molecule has 0 saturated carbocycles. The number of aryl methyl sites for hydroxylation is 1. The van der Waals surface area contributed by atoms with E-state index in [-0.39, 0.29) is 17.9 Å². The number of aromatic amines is 1. The molecule has 5 heteroatoms. The van der Waals surface area contributed by atoms with Crippen molar-refractivity contribution < 1.29 is 4.79 Å². The summed E-state index contributed by atoms with van der Waals surface area (Å²) in [6.45, 7) is 3.36. The summed E-state index contributed by atoms with van der Waals surface area (Å²) in [5.74, 6) is -0.361. The zero-order chi connectivity index (χ0) is 14.0. The molecule has 98 valence electrons. The summed E-state index contributed by atoms with van der Waals surface area (Å²) in [7, 11) is 0. The van der Waals surface area contributed by atoms with Gasteiger partial charge < -0.3 is 4.98 Å². The van der Waals surface area contributed by atoms with Gasteiger partial charge in [-0.1, -0.05) is 24.3 Å². The van der Waals surface area contributed by atoms with Crippen LogP contribution >= 0.6 is 0 Å². The Morgan fingerprint density at radius 2 is 1.95 bits per heavy atom. The fourth-order valence-electron chi connectivity index (χ4n) is 1.86. The fraction of sp³-hybridized carbons (Fsp3) is 0.214. The molecular formula is C14H14N2O3. The molecule has 1 aromatic heterocycles. The van der Waals surface area contributed by atoms with Crippen molar-refractivity contribution in [2.24, 2.45) is 0 Å². The van der Waals surface area contributed by atoms with Crippen LogP contribution in [-0.2, 0) is 6.54 Å². The molecule has 0 radical (unpaired) electrons. The standard InChI is InChI=1S/C14H14N2O3/c1-9-5-3-4-6-11(9)8-16-13(18)12(10(2)17)7-15-14(16)19/h3-7H,8H2,1-2H3,(H,15,19). The third-order valence-electron chi connectivity index (χ3n) is 3.03. The molecule has 0 amide bonds. The summed E-state index contributed by atoms with van der Waals surface area (Å²) in [5, 5.41) is 0. The van der Waals surface area contributed by atoms with Crippen molar-refractivity contribution in [1.29, 1.82) is 0 Å². The smallest absolute Gasteiger partial charge is 0.313 e. The third-order valence-corrected chi connectivity index (χ3v) is 3.03. The second-order valence-electron chi connectivity index (χ2n) is 4.38. The second-order valence-corrected chi connectivity index (χ2v) is 4.38. The predicted molar refractivity (Wildman–Crippen MR) is 71.6 cm³/mol. The van der Waals surface area contributed by atoms with E-state index in [4.69, 9.17) is 0 Å². The Morgan fingerprint density at radius 3 is 2.58 bits per heavy atom. The lowest BCUT2D eigenvalue weighted by molar-refractivity contribution is 0.101. The Morgan fingerprint density at radius 1 is 1.26 bits per heavy atom. The topological polar surface area (TPSA) is 71.9 Å². The second kappa shape index (κ2) is 5.06. The molecule has 5 nitrogen and oxygen atoms in total. The molecule has 1 N–H and O–H groups in total. The van der Waals surface area contributed by atoms with Crippen LogP contribution in [0.2, 0.25) is 0 Å². The van der Waals surface area contributed by atoms with Crippen LogP contribution in [0.15, 0.2) is 40.1 Å². The minimum atomic E-state index is -0.556. The number of H-pyrrole nitrogens is 1. The maximum absolute atomic E-state index is 12.1. The molecule has 0 aliphatic rings. The van der Waals surface area contributed by atoms with Crippen LogP contribution in [-0.4, -0.2) is 15.3 Å². The van der Waals surface area contributed by atoms with Gasteiger partial charge in [0.15, 0.2) is 5.78 Å². The van der Waals surface area contributed by atoms with Crippen molar-refractivity contribution in [1.82, 2.24) is 9.55 Å². The SMILES string of the molecule is CC(=O)c1c[nH]c(=O)n(Cc2ccccc2C)c1=O. The Kier molecular flexibility index (Phi) is 3.46. The molecule has 1 heterocycles. The van der Waals surface area contributed by atoms with Crippen LogP contribution in [0.25, 0.3) is 0 Å². The van der Waals surface area contributed by atoms with Crippen LogP contribution in [0.1, 0.15) is 28.4 Å². The highest BCUT2D eigenvalue weighted by Gasteiger charge is 2.11. The number of hydrogen-bond donors (Lipinski definition) is 1. The van der Waals surface area contributed by atoms with Gasteiger partial charge in [0.2, 0.25) is 0 Å². The van der Waals surface area contributed by atoms with Gasteiger partial charge in [-0.25, -0.2) is 4.79 Å². The summed E-state index contributed by atoms with van der Waals surface area (Å²) in [6, 6.07) is 7.49. The quantitative estimate of drug-likeness (QED) is 0.838. The van der Waals surface area contributed by atoms with E-state index >= 15 is 0 Å². The first-order valence-electron chi connectivity index (χ1n) is 5.88. The number of hydrogen-bond acceptors (Lipinski definition) is 3. The zero-order valence-electron chi connectivity index (χ0n) is 10.8. The van der Waals surface area contributed by atoms with Crippen LogP contribution in [0.5, 0.6) is 0 Å². The number of nitrogens with zero attached hydrogens (tertiary/aromatic N) is 1. The van der Waals surface area contributed by atoms with Gasteiger partial charge in [-0.05, 0) is 25.0 Å². The normalized spacial score (nSPS) is 10.4. The van der Waals surface area contributed by atoms with E-state index in [0.29, 0.717) is 0 Å². The number of nitrogens with one attached hydrogen (secondary N) is 1. The fourth-order valence-corrected chi connectivity index (χ4v) is 1.86. The van der Waals surface area contributed by atoms with Gasteiger partial charge in [0.05, 0.1) is 12.1 Å². The third kappa shape index (κ3) is 2.54. The van der Waals surface area contributed by atoms with Crippen molar-refractivity contribution in [3.05, 3.63) is 68.0 Å². The average Bonchev–Trinajstić information content (AvgIpc) is 2.36. The van der Waals surface area contributed by atoms with E-state index in [9.17, 15) is 14.4 Å². The average molecular weight is 258 g/mol. The molecule has 1 aromatic carbocycles. The number of rotatable bonds is 3. The number of aromatic nitrogens is 2. The Labute approximate surface area is 109 Å². The maximum atomic E-state index is 12.1.